The Kier molecular flexibility index (Phi) is 5.88. The molecule has 0 radical (unpaired) electrons. The van der Waals surface area contributed by atoms with Crippen LogP contribution >= 0.6 is 0 Å². The molecule has 0 saturated carbocycles. The number of hydrogen-bond donors (Lipinski definition) is 0. The van der Waals surface area contributed by atoms with E-state index in [1.807, 2.05) is 27.7 Å². The van der Waals surface area contributed by atoms with Gasteiger partial charge in [-0.2, -0.15) is 0 Å². The Morgan fingerprint density at radius 1 is 1.00 bits per heavy atom. The first-order valence-electron chi connectivity index (χ1n) is 5.86. The molecule has 0 N–H and O–H groups in total. The van der Waals surface area contributed by atoms with Gasteiger partial charge in [0.1, 0.15) is 12.3 Å². The van der Waals surface area contributed by atoms with Crippen LogP contribution in [-0.2, 0) is 22.8 Å². The molecule has 2 atom stereocenters. The smallest absolute Gasteiger partial charge is 0.372 e. The summed E-state index contributed by atoms with van der Waals surface area (Å²) in [5.41, 5.74) is 0. The summed E-state index contributed by atoms with van der Waals surface area (Å²) in [7, 11) is -2.65. The standard InChI is InChI=1S/C10H22O5Si/c1-5-12-16(13-6-2,14-7-3)8-11-10-9(4)15-10/h9-10H,5-8H2,1-4H3. The van der Waals surface area contributed by atoms with Gasteiger partial charge in [0.05, 0.1) is 0 Å². The molecule has 0 aliphatic carbocycles. The van der Waals surface area contributed by atoms with Gasteiger partial charge in [-0.15, -0.1) is 0 Å². The van der Waals surface area contributed by atoms with Crippen LogP contribution in [0.25, 0.3) is 0 Å². The van der Waals surface area contributed by atoms with Crippen molar-refractivity contribution >= 4 is 8.80 Å². The predicted molar refractivity (Wildman–Crippen MR) is 60.9 cm³/mol. The van der Waals surface area contributed by atoms with E-state index in [2.05, 4.69) is 0 Å². The van der Waals surface area contributed by atoms with Crippen LogP contribution in [0.3, 0.4) is 0 Å². The molecule has 16 heavy (non-hydrogen) atoms. The van der Waals surface area contributed by atoms with E-state index in [4.69, 9.17) is 22.8 Å². The SMILES string of the molecule is CCO[Si](COC1OC1C)(OCC)OCC. The van der Waals surface area contributed by atoms with Crippen molar-refractivity contribution in [3.8, 4) is 0 Å². The van der Waals surface area contributed by atoms with Crippen LogP contribution in [-0.4, -0.2) is 47.2 Å². The average molecular weight is 250 g/mol. The molecule has 1 rings (SSSR count). The van der Waals surface area contributed by atoms with Crippen LogP contribution in [0, 0.1) is 0 Å². The van der Waals surface area contributed by atoms with Crippen LogP contribution in [0.15, 0.2) is 0 Å². The fourth-order valence-electron chi connectivity index (χ4n) is 1.43. The summed E-state index contributed by atoms with van der Waals surface area (Å²) in [6, 6.07) is 0. The largest absolute Gasteiger partial charge is 0.528 e. The molecule has 0 aromatic carbocycles. The molecule has 0 aromatic heterocycles. The summed E-state index contributed by atoms with van der Waals surface area (Å²) in [6.07, 6.45) is 0.419. The number of hydrogen-bond acceptors (Lipinski definition) is 5. The lowest BCUT2D eigenvalue weighted by Crippen LogP contribution is -2.51. The van der Waals surface area contributed by atoms with Crippen molar-refractivity contribution in [1.29, 1.82) is 0 Å². The minimum atomic E-state index is -2.65. The maximum Gasteiger partial charge on any atom is 0.528 e. The summed E-state index contributed by atoms with van der Waals surface area (Å²) in [5.74, 6) is 0. The van der Waals surface area contributed by atoms with E-state index in [1.54, 1.807) is 0 Å². The van der Waals surface area contributed by atoms with Crippen molar-refractivity contribution in [2.24, 2.45) is 0 Å². The second kappa shape index (κ2) is 6.68. The molecule has 96 valence electrons. The Morgan fingerprint density at radius 2 is 1.44 bits per heavy atom. The van der Waals surface area contributed by atoms with Crippen molar-refractivity contribution in [2.75, 3.05) is 26.1 Å². The van der Waals surface area contributed by atoms with Crippen LogP contribution < -0.4 is 0 Å². The summed E-state index contributed by atoms with van der Waals surface area (Å²) in [4.78, 5) is 0. The Balaban J connectivity index is 2.44. The quantitative estimate of drug-likeness (QED) is 0.456. The number of epoxide rings is 1. The molecular weight excluding hydrogens is 228 g/mol. The van der Waals surface area contributed by atoms with Crippen LogP contribution in [0.2, 0.25) is 0 Å². The molecule has 0 spiro atoms. The molecule has 1 saturated heterocycles. The zero-order valence-corrected chi connectivity index (χ0v) is 11.5. The molecule has 2 unspecified atom stereocenters. The minimum Gasteiger partial charge on any atom is -0.372 e. The van der Waals surface area contributed by atoms with E-state index in [0.717, 1.165) is 0 Å². The van der Waals surface area contributed by atoms with Crippen LogP contribution in [0.5, 0.6) is 0 Å². The molecule has 1 aliphatic heterocycles. The van der Waals surface area contributed by atoms with Crippen LogP contribution in [0.1, 0.15) is 27.7 Å². The highest BCUT2D eigenvalue weighted by Crippen LogP contribution is 2.24. The van der Waals surface area contributed by atoms with Crippen molar-refractivity contribution in [3.63, 3.8) is 0 Å². The fraction of sp³-hybridized carbons (Fsp3) is 1.00. The van der Waals surface area contributed by atoms with Crippen molar-refractivity contribution in [1.82, 2.24) is 0 Å². The molecule has 5 nitrogen and oxygen atoms in total. The zero-order chi connectivity index (χ0) is 12.0. The van der Waals surface area contributed by atoms with Gasteiger partial charge in [0.25, 0.3) is 0 Å². The van der Waals surface area contributed by atoms with Gasteiger partial charge in [0, 0.05) is 19.8 Å². The average Bonchev–Trinajstić information content (AvgIpc) is 2.93. The molecular formula is C10H22O5Si. The summed E-state index contributed by atoms with van der Waals surface area (Å²) >= 11 is 0. The van der Waals surface area contributed by atoms with E-state index in [9.17, 15) is 0 Å². The van der Waals surface area contributed by atoms with Crippen molar-refractivity contribution in [3.05, 3.63) is 0 Å². The van der Waals surface area contributed by atoms with Crippen molar-refractivity contribution in [2.45, 2.75) is 40.1 Å². The first-order valence-corrected chi connectivity index (χ1v) is 7.79. The van der Waals surface area contributed by atoms with Gasteiger partial charge in [-0.25, -0.2) is 0 Å². The molecule has 0 aromatic rings. The van der Waals surface area contributed by atoms with E-state index in [0.29, 0.717) is 26.1 Å². The van der Waals surface area contributed by atoms with Gasteiger partial charge in [0.2, 0.25) is 0 Å². The highest BCUT2D eigenvalue weighted by Gasteiger charge is 2.45. The minimum absolute atomic E-state index is 0.117. The summed E-state index contributed by atoms with van der Waals surface area (Å²) in [6.45, 7) is 9.45. The Hall–Kier alpha value is 0.0169. The second-order valence-electron chi connectivity index (χ2n) is 3.50. The second-order valence-corrected chi connectivity index (χ2v) is 6.02. The van der Waals surface area contributed by atoms with Gasteiger partial charge in [-0.1, -0.05) is 0 Å². The highest BCUT2D eigenvalue weighted by molar-refractivity contribution is 6.60. The lowest BCUT2D eigenvalue weighted by atomic mass is 10.5. The molecule has 0 bridgehead atoms. The van der Waals surface area contributed by atoms with Gasteiger partial charge in [-0.05, 0) is 27.7 Å². The summed E-state index contributed by atoms with van der Waals surface area (Å²) in [5, 5.41) is 0. The molecule has 1 fully saturated rings. The van der Waals surface area contributed by atoms with Crippen LogP contribution in [0.4, 0.5) is 0 Å². The third-order valence-electron chi connectivity index (χ3n) is 2.17. The molecule has 1 aliphatic rings. The molecule has 1 heterocycles. The van der Waals surface area contributed by atoms with Gasteiger partial charge in [-0.3, -0.25) is 0 Å². The zero-order valence-electron chi connectivity index (χ0n) is 10.5. The van der Waals surface area contributed by atoms with E-state index < -0.39 is 8.80 Å². The molecule has 0 amide bonds. The first kappa shape index (κ1) is 14.1. The summed E-state index contributed by atoms with van der Waals surface area (Å²) < 4.78 is 27.6. The Bertz CT molecular complexity index is 185. The van der Waals surface area contributed by atoms with Gasteiger partial charge in [0.15, 0.2) is 6.29 Å². The molecule has 6 heteroatoms. The lowest BCUT2D eigenvalue weighted by Gasteiger charge is -2.27. The van der Waals surface area contributed by atoms with Gasteiger partial charge < -0.3 is 22.8 Å². The first-order chi connectivity index (χ1) is 7.67. The maximum absolute atomic E-state index is 5.64. The highest BCUT2D eigenvalue weighted by atomic mass is 28.4. The number of rotatable bonds is 9. The Morgan fingerprint density at radius 3 is 1.75 bits per heavy atom. The monoisotopic (exact) mass is 250 g/mol. The lowest BCUT2D eigenvalue weighted by molar-refractivity contribution is 0.00409. The van der Waals surface area contributed by atoms with Crippen molar-refractivity contribution < 1.29 is 22.8 Å². The Labute approximate surface area is 98.3 Å². The third-order valence-corrected chi connectivity index (χ3v) is 4.88. The fourth-order valence-corrected chi connectivity index (χ4v) is 3.62. The number of ether oxygens (including phenoxy) is 2. The van der Waals surface area contributed by atoms with Gasteiger partial charge >= 0.3 is 8.80 Å². The van der Waals surface area contributed by atoms with E-state index in [1.165, 1.54) is 0 Å². The maximum atomic E-state index is 5.64. The topological polar surface area (TPSA) is 49.5 Å². The van der Waals surface area contributed by atoms with E-state index in [-0.39, 0.29) is 12.4 Å². The van der Waals surface area contributed by atoms with E-state index >= 15 is 0 Å². The predicted octanol–water partition coefficient (Wildman–Crippen LogP) is 1.34. The normalized spacial score (nSPS) is 24.8. The third kappa shape index (κ3) is 4.12.